The zero-order valence-corrected chi connectivity index (χ0v) is 13.2. The monoisotopic (exact) mass is 268 g/mol. The molecule has 0 aromatic heterocycles. The summed E-state index contributed by atoms with van der Waals surface area (Å²) >= 11 is 0. The van der Waals surface area contributed by atoms with E-state index in [2.05, 4.69) is 63.8 Å². The Labute approximate surface area is 124 Å². The molecule has 0 spiro atoms. The fourth-order valence-electron chi connectivity index (χ4n) is 3.02. The first-order valence-corrected chi connectivity index (χ1v) is 8.00. The topological polar surface area (TPSA) is 0 Å². The van der Waals surface area contributed by atoms with Crippen LogP contribution in [-0.4, -0.2) is 0 Å². The van der Waals surface area contributed by atoms with Crippen LogP contribution in [0.15, 0.2) is 48.6 Å². The van der Waals surface area contributed by atoms with Crippen LogP contribution in [0.4, 0.5) is 0 Å². The third kappa shape index (κ3) is 4.10. The van der Waals surface area contributed by atoms with E-state index in [4.69, 9.17) is 0 Å². The van der Waals surface area contributed by atoms with Gasteiger partial charge in [-0.2, -0.15) is 0 Å². The molecule has 1 unspecified atom stereocenters. The van der Waals surface area contributed by atoms with Crippen molar-refractivity contribution in [2.75, 3.05) is 0 Å². The van der Waals surface area contributed by atoms with Crippen LogP contribution in [0.25, 0.3) is 0 Å². The predicted octanol–water partition coefficient (Wildman–Crippen LogP) is 6.04. The van der Waals surface area contributed by atoms with Gasteiger partial charge in [0, 0.05) is 0 Å². The molecule has 0 N–H and O–H groups in total. The lowest BCUT2D eigenvalue weighted by molar-refractivity contribution is 0.324. The summed E-state index contributed by atoms with van der Waals surface area (Å²) in [5.74, 6) is 2.09. The molecule has 0 heterocycles. The van der Waals surface area contributed by atoms with E-state index in [9.17, 15) is 0 Å². The van der Waals surface area contributed by atoms with Crippen LogP contribution in [0.3, 0.4) is 0 Å². The van der Waals surface area contributed by atoms with Crippen LogP contribution < -0.4 is 0 Å². The van der Waals surface area contributed by atoms with Gasteiger partial charge in [0.25, 0.3) is 0 Å². The number of allylic oxidation sites excluding steroid dienone is 3. The van der Waals surface area contributed by atoms with Gasteiger partial charge >= 0.3 is 0 Å². The third-order valence-corrected chi connectivity index (χ3v) is 4.74. The van der Waals surface area contributed by atoms with Crippen molar-refractivity contribution >= 4 is 0 Å². The summed E-state index contributed by atoms with van der Waals surface area (Å²) in [5.41, 5.74) is 4.04. The van der Waals surface area contributed by atoms with Crippen molar-refractivity contribution in [2.24, 2.45) is 11.8 Å². The Balaban J connectivity index is 1.91. The summed E-state index contributed by atoms with van der Waals surface area (Å²) in [7, 11) is 0. The summed E-state index contributed by atoms with van der Waals surface area (Å²) in [6, 6.07) is 8.85. The Morgan fingerprint density at radius 3 is 2.35 bits per heavy atom. The SMILES string of the molecule is C=C(/C=C\C(C)c1ccc(C)cc1)C1CCC(C)CC1. The van der Waals surface area contributed by atoms with Crippen LogP contribution in [0, 0.1) is 18.8 Å². The minimum absolute atomic E-state index is 0.467. The zero-order chi connectivity index (χ0) is 14.5. The maximum Gasteiger partial charge on any atom is -0.000722 e. The number of benzene rings is 1. The highest BCUT2D eigenvalue weighted by Crippen LogP contribution is 2.33. The predicted molar refractivity (Wildman–Crippen MR) is 89.0 cm³/mol. The van der Waals surface area contributed by atoms with E-state index >= 15 is 0 Å². The Morgan fingerprint density at radius 2 is 1.75 bits per heavy atom. The Morgan fingerprint density at radius 1 is 1.15 bits per heavy atom. The average Bonchev–Trinajstić information content (AvgIpc) is 2.46. The second-order valence-electron chi connectivity index (χ2n) is 6.59. The van der Waals surface area contributed by atoms with Crippen LogP contribution in [-0.2, 0) is 0 Å². The molecule has 1 fully saturated rings. The van der Waals surface area contributed by atoms with E-state index in [-0.39, 0.29) is 0 Å². The highest BCUT2D eigenvalue weighted by molar-refractivity contribution is 5.29. The second-order valence-corrected chi connectivity index (χ2v) is 6.59. The molecule has 0 radical (unpaired) electrons. The largest absolute Gasteiger partial charge is 0.0956 e. The van der Waals surface area contributed by atoms with Crippen LogP contribution >= 0.6 is 0 Å². The van der Waals surface area contributed by atoms with Gasteiger partial charge in [0.05, 0.1) is 0 Å². The number of hydrogen-bond acceptors (Lipinski definition) is 0. The van der Waals surface area contributed by atoms with Gasteiger partial charge in [-0.05, 0) is 43.1 Å². The summed E-state index contributed by atoms with van der Waals surface area (Å²) in [6.07, 6.45) is 9.96. The molecule has 1 aliphatic carbocycles. The molecular formula is C20H28. The lowest BCUT2D eigenvalue weighted by atomic mass is 9.79. The first-order chi connectivity index (χ1) is 9.56. The molecule has 0 bridgehead atoms. The van der Waals surface area contributed by atoms with E-state index in [1.165, 1.54) is 42.4 Å². The van der Waals surface area contributed by atoms with Gasteiger partial charge < -0.3 is 0 Å². The molecule has 0 nitrogen and oxygen atoms in total. The molecule has 20 heavy (non-hydrogen) atoms. The van der Waals surface area contributed by atoms with Gasteiger partial charge in [-0.1, -0.05) is 80.8 Å². The van der Waals surface area contributed by atoms with Crippen molar-refractivity contribution < 1.29 is 0 Å². The minimum atomic E-state index is 0.467. The Kier molecular flexibility index (Phi) is 5.23. The highest BCUT2D eigenvalue weighted by Gasteiger charge is 2.19. The fourth-order valence-corrected chi connectivity index (χ4v) is 3.02. The van der Waals surface area contributed by atoms with E-state index in [0.717, 1.165) is 5.92 Å². The molecule has 1 saturated carbocycles. The second kappa shape index (κ2) is 6.92. The molecule has 1 aromatic rings. The van der Waals surface area contributed by atoms with E-state index in [0.29, 0.717) is 11.8 Å². The fraction of sp³-hybridized carbons (Fsp3) is 0.500. The molecule has 1 atom stereocenters. The Bertz CT molecular complexity index is 455. The quantitative estimate of drug-likeness (QED) is 0.584. The lowest BCUT2D eigenvalue weighted by Gasteiger charge is -2.26. The maximum atomic E-state index is 4.30. The molecule has 0 saturated heterocycles. The molecular weight excluding hydrogens is 240 g/mol. The van der Waals surface area contributed by atoms with Crippen molar-refractivity contribution in [2.45, 2.75) is 52.4 Å². The molecule has 0 amide bonds. The zero-order valence-electron chi connectivity index (χ0n) is 13.2. The molecule has 2 rings (SSSR count). The van der Waals surface area contributed by atoms with E-state index < -0.39 is 0 Å². The van der Waals surface area contributed by atoms with Crippen molar-refractivity contribution in [3.05, 3.63) is 59.7 Å². The van der Waals surface area contributed by atoms with E-state index in [1.807, 2.05) is 0 Å². The Hall–Kier alpha value is -1.30. The average molecular weight is 268 g/mol. The molecule has 1 aliphatic rings. The smallest absolute Gasteiger partial charge is 0.000722 e. The van der Waals surface area contributed by atoms with Crippen molar-refractivity contribution in [3.8, 4) is 0 Å². The highest BCUT2D eigenvalue weighted by atomic mass is 14.2. The van der Waals surface area contributed by atoms with Gasteiger partial charge in [0.2, 0.25) is 0 Å². The molecule has 0 aliphatic heterocycles. The minimum Gasteiger partial charge on any atom is -0.0956 e. The summed E-state index contributed by atoms with van der Waals surface area (Å²) in [6.45, 7) is 11.1. The summed E-state index contributed by atoms with van der Waals surface area (Å²) in [5, 5.41) is 0. The van der Waals surface area contributed by atoms with Crippen LogP contribution in [0.5, 0.6) is 0 Å². The van der Waals surface area contributed by atoms with Crippen molar-refractivity contribution in [3.63, 3.8) is 0 Å². The van der Waals surface area contributed by atoms with Gasteiger partial charge in [0.1, 0.15) is 0 Å². The number of hydrogen-bond donors (Lipinski definition) is 0. The van der Waals surface area contributed by atoms with Gasteiger partial charge in [-0.3, -0.25) is 0 Å². The summed E-state index contributed by atoms with van der Waals surface area (Å²) < 4.78 is 0. The first kappa shape index (κ1) is 15.1. The number of rotatable bonds is 4. The van der Waals surface area contributed by atoms with Crippen LogP contribution in [0.2, 0.25) is 0 Å². The van der Waals surface area contributed by atoms with Crippen molar-refractivity contribution in [1.29, 1.82) is 0 Å². The van der Waals surface area contributed by atoms with Gasteiger partial charge in [-0.25, -0.2) is 0 Å². The summed E-state index contributed by atoms with van der Waals surface area (Å²) in [4.78, 5) is 0. The third-order valence-electron chi connectivity index (χ3n) is 4.74. The van der Waals surface area contributed by atoms with E-state index in [1.54, 1.807) is 0 Å². The normalized spacial score (nSPS) is 24.8. The maximum absolute atomic E-state index is 4.30. The van der Waals surface area contributed by atoms with Crippen LogP contribution in [0.1, 0.15) is 56.6 Å². The molecule has 108 valence electrons. The first-order valence-electron chi connectivity index (χ1n) is 8.00. The van der Waals surface area contributed by atoms with Gasteiger partial charge in [0.15, 0.2) is 0 Å². The molecule has 1 aromatic carbocycles. The molecule has 0 heteroatoms. The standard InChI is InChI=1S/C20H28/c1-15-5-11-19(12-6-15)17(3)9-10-18(4)20-13-7-16(2)8-14-20/h7-10,13-15,18-19H,3,5-6,11-12H2,1-2,4H3/b10-9-. The van der Waals surface area contributed by atoms with Crippen molar-refractivity contribution in [1.82, 2.24) is 0 Å². The lowest BCUT2D eigenvalue weighted by Crippen LogP contribution is -2.13. The number of aryl methyl sites for hydroxylation is 1. The van der Waals surface area contributed by atoms with Gasteiger partial charge in [-0.15, -0.1) is 0 Å².